The topological polar surface area (TPSA) is 75.0 Å². The zero-order valence-corrected chi connectivity index (χ0v) is 19.3. The van der Waals surface area contributed by atoms with Crippen LogP contribution in [-0.4, -0.2) is 44.6 Å². The van der Waals surface area contributed by atoms with Gasteiger partial charge in [0.25, 0.3) is 0 Å². The Bertz CT molecular complexity index is 1210. The van der Waals surface area contributed by atoms with Crippen molar-refractivity contribution < 1.29 is 9.47 Å². The third kappa shape index (κ3) is 3.93. The Labute approximate surface area is 188 Å². The number of nitrogens with zero attached hydrogens (tertiary/aromatic N) is 5. The average Bonchev–Trinajstić information content (AvgIpc) is 3.50. The number of fused-ring (bicyclic) bond motifs is 1. The van der Waals surface area contributed by atoms with Crippen molar-refractivity contribution in [2.75, 3.05) is 13.7 Å². The standard InChI is InChI=1S/C22H23N5O2S2/c1-13-14(2)30-20-18(13)21(24-12-23-20)31-22-26-25-19(15-6-8-16(28-3)9-7-15)27(22)11-17-5-4-10-29-17/h6-9,12,17H,4-5,10-11H2,1-3H3. The molecule has 4 aromatic rings. The second-order valence-corrected chi connectivity index (χ2v) is 9.68. The van der Waals surface area contributed by atoms with E-state index in [0.717, 1.165) is 57.0 Å². The van der Waals surface area contributed by atoms with Crippen LogP contribution in [0.2, 0.25) is 0 Å². The fourth-order valence-electron chi connectivity index (χ4n) is 3.79. The van der Waals surface area contributed by atoms with Crippen molar-refractivity contribution >= 4 is 33.3 Å². The second-order valence-electron chi connectivity index (χ2n) is 7.52. The van der Waals surface area contributed by atoms with Crippen molar-refractivity contribution in [3.63, 3.8) is 0 Å². The molecule has 5 rings (SSSR count). The molecule has 1 atom stereocenters. The van der Waals surface area contributed by atoms with Crippen LogP contribution in [0, 0.1) is 13.8 Å². The van der Waals surface area contributed by atoms with E-state index in [-0.39, 0.29) is 6.10 Å². The Kier molecular flexibility index (Phi) is 5.64. The van der Waals surface area contributed by atoms with E-state index in [2.05, 4.69) is 38.6 Å². The minimum absolute atomic E-state index is 0.169. The van der Waals surface area contributed by atoms with E-state index in [1.165, 1.54) is 10.4 Å². The first-order chi connectivity index (χ1) is 15.1. The molecule has 31 heavy (non-hydrogen) atoms. The molecule has 0 bridgehead atoms. The second kappa shape index (κ2) is 8.57. The summed E-state index contributed by atoms with van der Waals surface area (Å²) in [6.07, 6.45) is 3.94. The normalized spacial score (nSPS) is 16.3. The highest BCUT2D eigenvalue weighted by atomic mass is 32.2. The van der Waals surface area contributed by atoms with Crippen molar-refractivity contribution in [3.8, 4) is 17.1 Å². The summed E-state index contributed by atoms with van der Waals surface area (Å²) in [4.78, 5) is 11.3. The molecule has 1 fully saturated rings. The van der Waals surface area contributed by atoms with E-state index in [4.69, 9.17) is 9.47 Å². The third-order valence-electron chi connectivity index (χ3n) is 5.59. The molecule has 160 valence electrons. The van der Waals surface area contributed by atoms with Crippen molar-refractivity contribution in [2.24, 2.45) is 0 Å². The first kappa shape index (κ1) is 20.4. The largest absolute Gasteiger partial charge is 0.497 e. The summed E-state index contributed by atoms with van der Waals surface area (Å²) in [6, 6.07) is 7.91. The van der Waals surface area contributed by atoms with E-state index in [1.807, 2.05) is 24.3 Å². The molecule has 0 aliphatic carbocycles. The molecule has 1 aromatic carbocycles. The number of methoxy groups -OCH3 is 1. The monoisotopic (exact) mass is 453 g/mol. The van der Waals surface area contributed by atoms with Crippen LogP contribution in [0.1, 0.15) is 23.3 Å². The lowest BCUT2D eigenvalue weighted by Gasteiger charge is -2.15. The molecule has 1 unspecified atom stereocenters. The van der Waals surface area contributed by atoms with Crippen LogP contribution in [0.5, 0.6) is 5.75 Å². The summed E-state index contributed by atoms with van der Waals surface area (Å²) in [5.74, 6) is 1.64. The van der Waals surface area contributed by atoms with Gasteiger partial charge in [-0.3, -0.25) is 4.57 Å². The molecule has 1 aliphatic rings. The summed E-state index contributed by atoms with van der Waals surface area (Å²) in [6.45, 7) is 5.78. The lowest BCUT2D eigenvalue weighted by Crippen LogP contribution is -2.16. The number of hydrogen-bond donors (Lipinski definition) is 0. The molecule has 4 heterocycles. The fraction of sp³-hybridized carbons (Fsp3) is 0.364. The van der Waals surface area contributed by atoms with Crippen molar-refractivity contribution in [2.45, 2.75) is 49.5 Å². The first-order valence-electron chi connectivity index (χ1n) is 10.2. The number of rotatable bonds is 6. The quantitative estimate of drug-likeness (QED) is 0.384. The molecule has 3 aromatic heterocycles. The number of ether oxygens (including phenoxy) is 2. The Morgan fingerprint density at radius 2 is 2.03 bits per heavy atom. The summed E-state index contributed by atoms with van der Waals surface area (Å²) in [7, 11) is 1.67. The van der Waals surface area contributed by atoms with E-state index in [9.17, 15) is 0 Å². The highest BCUT2D eigenvalue weighted by molar-refractivity contribution is 7.99. The highest BCUT2D eigenvalue weighted by Crippen LogP contribution is 2.38. The Hall–Kier alpha value is -2.49. The Morgan fingerprint density at radius 3 is 2.77 bits per heavy atom. The number of benzene rings is 1. The molecule has 0 amide bonds. The molecular formula is C22H23N5O2S2. The number of hydrogen-bond acceptors (Lipinski definition) is 8. The van der Waals surface area contributed by atoms with Gasteiger partial charge in [0.2, 0.25) is 0 Å². The van der Waals surface area contributed by atoms with Gasteiger partial charge in [-0.25, -0.2) is 9.97 Å². The summed E-state index contributed by atoms with van der Waals surface area (Å²) >= 11 is 3.24. The predicted molar refractivity (Wildman–Crippen MR) is 122 cm³/mol. The molecule has 0 N–H and O–H groups in total. The van der Waals surface area contributed by atoms with Gasteiger partial charge < -0.3 is 9.47 Å². The SMILES string of the molecule is COc1ccc(-c2nnc(Sc3ncnc4sc(C)c(C)c34)n2CC2CCCO2)cc1. The molecule has 0 saturated carbocycles. The van der Waals surface area contributed by atoms with E-state index < -0.39 is 0 Å². The van der Waals surface area contributed by atoms with E-state index >= 15 is 0 Å². The van der Waals surface area contributed by atoms with Gasteiger partial charge in [-0.2, -0.15) is 0 Å². The van der Waals surface area contributed by atoms with Crippen LogP contribution in [-0.2, 0) is 11.3 Å². The smallest absolute Gasteiger partial charge is 0.197 e. The number of thiophene rings is 1. The number of aromatic nitrogens is 5. The molecule has 7 nitrogen and oxygen atoms in total. The molecule has 9 heteroatoms. The van der Waals surface area contributed by atoms with Crippen LogP contribution in [0.25, 0.3) is 21.6 Å². The summed E-state index contributed by atoms with van der Waals surface area (Å²) in [5.41, 5.74) is 2.22. The van der Waals surface area contributed by atoms with Crippen LogP contribution in [0.4, 0.5) is 0 Å². The zero-order chi connectivity index (χ0) is 21.4. The lowest BCUT2D eigenvalue weighted by atomic mass is 10.2. The maximum absolute atomic E-state index is 5.92. The minimum Gasteiger partial charge on any atom is -0.497 e. The van der Waals surface area contributed by atoms with Gasteiger partial charge in [0.15, 0.2) is 11.0 Å². The van der Waals surface area contributed by atoms with Crippen molar-refractivity contribution in [1.29, 1.82) is 0 Å². The van der Waals surface area contributed by atoms with Gasteiger partial charge in [0.1, 0.15) is 21.9 Å². The van der Waals surface area contributed by atoms with Gasteiger partial charge in [-0.1, -0.05) is 0 Å². The van der Waals surface area contributed by atoms with Crippen LogP contribution >= 0.6 is 23.1 Å². The number of aryl methyl sites for hydroxylation is 2. The van der Waals surface area contributed by atoms with Crippen molar-refractivity contribution in [3.05, 3.63) is 41.0 Å². The minimum atomic E-state index is 0.169. The van der Waals surface area contributed by atoms with Gasteiger partial charge in [-0.15, -0.1) is 21.5 Å². The van der Waals surface area contributed by atoms with Gasteiger partial charge in [-0.05, 0) is 68.3 Å². The maximum atomic E-state index is 5.92. The molecule has 1 saturated heterocycles. The van der Waals surface area contributed by atoms with E-state index in [0.29, 0.717) is 6.54 Å². The zero-order valence-electron chi connectivity index (χ0n) is 17.7. The van der Waals surface area contributed by atoms with Gasteiger partial charge >= 0.3 is 0 Å². The third-order valence-corrected chi connectivity index (χ3v) is 7.70. The highest BCUT2D eigenvalue weighted by Gasteiger charge is 2.23. The Morgan fingerprint density at radius 1 is 1.19 bits per heavy atom. The molecule has 1 aliphatic heterocycles. The lowest BCUT2D eigenvalue weighted by molar-refractivity contribution is 0.0953. The molecular weight excluding hydrogens is 430 g/mol. The predicted octanol–water partition coefficient (Wildman–Crippen LogP) is 4.91. The van der Waals surface area contributed by atoms with Gasteiger partial charge in [0, 0.05) is 22.4 Å². The van der Waals surface area contributed by atoms with Gasteiger partial charge in [0.05, 0.1) is 19.8 Å². The van der Waals surface area contributed by atoms with Crippen molar-refractivity contribution in [1.82, 2.24) is 24.7 Å². The summed E-state index contributed by atoms with van der Waals surface area (Å²) < 4.78 is 13.4. The first-order valence-corrected chi connectivity index (χ1v) is 11.8. The Balaban J connectivity index is 1.56. The molecule has 0 spiro atoms. The summed E-state index contributed by atoms with van der Waals surface area (Å²) in [5, 5.41) is 11.9. The maximum Gasteiger partial charge on any atom is 0.197 e. The van der Waals surface area contributed by atoms with Crippen LogP contribution in [0.15, 0.2) is 40.8 Å². The van der Waals surface area contributed by atoms with Crippen LogP contribution < -0.4 is 4.74 Å². The fourth-order valence-corrected chi connectivity index (χ4v) is 5.83. The average molecular weight is 454 g/mol. The van der Waals surface area contributed by atoms with E-state index in [1.54, 1.807) is 36.5 Å². The molecule has 0 radical (unpaired) electrons. The van der Waals surface area contributed by atoms with Crippen LogP contribution in [0.3, 0.4) is 0 Å².